The van der Waals surface area contributed by atoms with Crippen LogP contribution in [0.3, 0.4) is 0 Å². The smallest absolute Gasteiger partial charge is 0.227 e. The fourth-order valence-corrected chi connectivity index (χ4v) is 3.13. The van der Waals surface area contributed by atoms with E-state index in [1.165, 1.54) is 6.07 Å². The molecule has 142 valence electrons. The third-order valence-electron chi connectivity index (χ3n) is 4.07. The van der Waals surface area contributed by atoms with Crippen LogP contribution in [-0.4, -0.2) is 25.5 Å². The van der Waals surface area contributed by atoms with E-state index in [1.807, 2.05) is 20.0 Å². The Kier molecular flexibility index (Phi) is 5.96. The quantitative estimate of drug-likeness (QED) is 0.603. The second-order valence-corrected chi connectivity index (χ2v) is 7.41. The van der Waals surface area contributed by atoms with Crippen LogP contribution in [0.1, 0.15) is 23.4 Å². The van der Waals surface area contributed by atoms with Gasteiger partial charge in [0.1, 0.15) is 5.82 Å². The number of amides is 1. The van der Waals surface area contributed by atoms with Crippen LogP contribution in [-0.2, 0) is 17.9 Å². The Morgan fingerprint density at radius 1 is 1.33 bits per heavy atom. The first-order chi connectivity index (χ1) is 12.8. The number of nitrogens with one attached hydrogen (secondary N) is 1. The Balaban J connectivity index is 1.63. The molecule has 9 heteroatoms. The molecule has 0 spiro atoms. The van der Waals surface area contributed by atoms with Crippen molar-refractivity contribution in [3.63, 3.8) is 0 Å². The van der Waals surface area contributed by atoms with E-state index in [2.05, 4.69) is 31.4 Å². The van der Waals surface area contributed by atoms with Gasteiger partial charge in [0.15, 0.2) is 5.82 Å². The van der Waals surface area contributed by atoms with Crippen molar-refractivity contribution in [1.82, 2.24) is 19.6 Å². The number of hydrogen-bond donors (Lipinski definition) is 1. The molecule has 27 heavy (non-hydrogen) atoms. The van der Waals surface area contributed by atoms with Crippen LogP contribution in [0.2, 0.25) is 5.02 Å². The van der Waals surface area contributed by atoms with Crippen LogP contribution in [0, 0.1) is 19.7 Å². The highest BCUT2D eigenvalue weighted by atomic mass is 79.9. The van der Waals surface area contributed by atoms with Gasteiger partial charge in [-0.2, -0.15) is 10.2 Å². The van der Waals surface area contributed by atoms with E-state index < -0.39 is 0 Å². The lowest BCUT2D eigenvalue weighted by atomic mass is 10.2. The van der Waals surface area contributed by atoms with Crippen molar-refractivity contribution in [2.75, 3.05) is 5.32 Å². The Labute approximate surface area is 169 Å². The van der Waals surface area contributed by atoms with Crippen LogP contribution in [0.5, 0.6) is 0 Å². The molecule has 0 aliphatic carbocycles. The maximum atomic E-state index is 14.0. The molecule has 6 nitrogen and oxygen atoms in total. The molecule has 1 amide bonds. The molecular weight excluding hydrogens is 437 g/mol. The highest BCUT2D eigenvalue weighted by molar-refractivity contribution is 9.10. The lowest BCUT2D eigenvalue weighted by Crippen LogP contribution is -2.15. The van der Waals surface area contributed by atoms with E-state index in [9.17, 15) is 9.18 Å². The summed E-state index contributed by atoms with van der Waals surface area (Å²) >= 11 is 9.46. The van der Waals surface area contributed by atoms with E-state index in [4.69, 9.17) is 11.6 Å². The minimum atomic E-state index is -0.385. The highest BCUT2D eigenvalue weighted by Gasteiger charge is 2.13. The molecule has 0 aliphatic heterocycles. The topological polar surface area (TPSA) is 64.7 Å². The lowest BCUT2D eigenvalue weighted by Gasteiger charge is -2.07. The van der Waals surface area contributed by atoms with Crippen LogP contribution < -0.4 is 5.32 Å². The van der Waals surface area contributed by atoms with Gasteiger partial charge in [-0.3, -0.25) is 14.2 Å². The molecule has 0 radical (unpaired) electrons. The molecule has 1 aromatic carbocycles. The van der Waals surface area contributed by atoms with E-state index in [0.717, 1.165) is 15.9 Å². The Morgan fingerprint density at radius 3 is 2.78 bits per heavy atom. The van der Waals surface area contributed by atoms with Gasteiger partial charge in [0, 0.05) is 41.5 Å². The normalized spacial score (nSPS) is 11.0. The predicted octanol–water partition coefficient (Wildman–Crippen LogP) is 4.33. The second kappa shape index (κ2) is 8.22. The lowest BCUT2D eigenvalue weighted by molar-refractivity contribution is -0.116. The molecule has 3 aromatic rings. The summed E-state index contributed by atoms with van der Waals surface area (Å²) in [5.74, 6) is -0.140. The minimum Gasteiger partial charge on any atom is -0.309 e. The van der Waals surface area contributed by atoms with Crippen LogP contribution in [0.15, 0.2) is 34.9 Å². The Bertz CT molecular complexity index is 945. The third-order valence-corrected chi connectivity index (χ3v) is 5.21. The van der Waals surface area contributed by atoms with Gasteiger partial charge in [-0.25, -0.2) is 4.39 Å². The monoisotopic (exact) mass is 453 g/mol. The molecule has 1 N–H and O–H groups in total. The van der Waals surface area contributed by atoms with Crippen LogP contribution >= 0.6 is 27.5 Å². The molecule has 2 aromatic heterocycles. The molecule has 0 atom stereocenters. The van der Waals surface area contributed by atoms with Crippen molar-refractivity contribution in [2.45, 2.75) is 33.4 Å². The minimum absolute atomic E-state index is 0.173. The zero-order chi connectivity index (χ0) is 19.6. The van der Waals surface area contributed by atoms with E-state index in [-0.39, 0.29) is 24.7 Å². The number of aryl methyl sites for hydroxylation is 3. The highest BCUT2D eigenvalue weighted by Crippen LogP contribution is 2.21. The van der Waals surface area contributed by atoms with Crippen molar-refractivity contribution in [3.8, 4) is 0 Å². The van der Waals surface area contributed by atoms with Gasteiger partial charge < -0.3 is 5.32 Å². The molecule has 3 rings (SSSR count). The fraction of sp³-hybridized carbons (Fsp3) is 0.278. The van der Waals surface area contributed by atoms with Crippen molar-refractivity contribution < 1.29 is 9.18 Å². The van der Waals surface area contributed by atoms with Gasteiger partial charge in [0.05, 0.1) is 16.7 Å². The molecule has 0 unspecified atom stereocenters. The average molecular weight is 455 g/mol. The summed E-state index contributed by atoms with van der Waals surface area (Å²) in [6.45, 7) is 4.37. The summed E-state index contributed by atoms with van der Waals surface area (Å²) in [6, 6.07) is 6.29. The van der Waals surface area contributed by atoms with Crippen molar-refractivity contribution >= 4 is 39.3 Å². The molecule has 0 fully saturated rings. The third kappa shape index (κ3) is 4.75. The number of benzene rings is 1. The van der Waals surface area contributed by atoms with E-state index in [1.54, 1.807) is 27.6 Å². The molecule has 2 heterocycles. The van der Waals surface area contributed by atoms with Gasteiger partial charge in [-0.1, -0.05) is 17.7 Å². The zero-order valence-corrected chi connectivity index (χ0v) is 17.2. The standard InChI is InChI=1S/C18H18BrClFN5O/c1-11-8-17(22-18(27)6-7-25-10-14(19)12(2)23-25)24-26(11)9-13-15(20)4-3-5-16(13)21/h3-5,8,10H,6-7,9H2,1-2H3,(H,22,24,27). The van der Waals surface area contributed by atoms with Crippen LogP contribution in [0.25, 0.3) is 0 Å². The number of carbonyl (C=O) groups excluding carboxylic acids is 1. The van der Waals surface area contributed by atoms with Crippen molar-refractivity contribution in [1.29, 1.82) is 0 Å². The molecular formula is C18H18BrClFN5O. The maximum Gasteiger partial charge on any atom is 0.227 e. The predicted molar refractivity (Wildman–Crippen MR) is 105 cm³/mol. The van der Waals surface area contributed by atoms with Crippen molar-refractivity contribution in [3.05, 3.63) is 62.7 Å². The summed E-state index contributed by atoms with van der Waals surface area (Å²) in [6.07, 6.45) is 2.10. The SMILES string of the molecule is Cc1nn(CCC(=O)Nc2cc(C)n(Cc3c(F)cccc3Cl)n2)cc1Br. The van der Waals surface area contributed by atoms with Gasteiger partial charge >= 0.3 is 0 Å². The van der Waals surface area contributed by atoms with Crippen LogP contribution in [0.4, 0.5) is 10.2 Å². The number of hydrogen-bond acceptors (Lipinski definition) is 3. The summed E-state index contributed by atoms with van der Waals surface area (Å²) in [5, 5.41) is 11.7. The van der Waals surface area contributed by atoms with Crippen molar-refractivity contribution in [2.24, 2.45) is 0 Å². The number of anilines is 1. The molecule has 0 saturated heterocycles. The van der Waals surface area contributed by atoms with Gasteiger partial charge in [0.25, 0.3) is 0 Å². The second-order valence-electron chi connectivity index (χ2n) is 6.15. The molecule has 0 aliphatic rings. The number of aromatic nitrogens is 4. The first-order valence-corrected chi connectivity index (χ1v) is 9.47. The van der Waals surface area contributed by atoms with Gasteiger partial charge in [0.2, 0.25) is 5.91 Å². The fourth-order valence-electron chi connectivity index (χ4n) is 2.59. The summed E-state index contributed by atoms with van der Waals surface area (Å²) < 4.78 is 18.2. The first-order valence-electron chi connectivity index (χ1n) is 8.30. The first kappa shape index (κ1) is 19.6. The number of rotatable bonds is 6. The molecule has 0 bridgehead atoms. The van der Waals surface area contributed by atoms with E-state index in [0.29, 0.717) is 22.9 Å². The summed E-state index contributed by atoms with van der Waals surface area (Å²) in [5.41, 5.74) is 2.02. The average Bonchev–Trinajstić information content (AvgIpc) is 3.11. The number of halogens is 3. The van der Waals surface area contributed by atoms with E-state index >= 15 is 0 Å². The zero-order valence-electron chi connectivity index (χ0n) is 14.8. The molecule has 0 saturated carbocycles. The van der Waals surface area contributed by atoms with Gasteiger partial charge in [-0.15, -0.1) is 0 Å². The summed E-state index contributed by atoms with van der Waals surface area (Å²) in [7, 11) is 0. The Morgan fingerprint density at radius 2 is 2.11 bits per heavy atom. The number of nitrogens with zero attached hydrogens (tertiary/aromatic N) is 4. The maximum absolute atomic E-state index is 14.0. The number of carbonyl (C=O) groups is 1. The largest absolute Gasteiger partial charge is 0.309 e. The van der Waals surface area contributed by atoms with Gasteiger partial charge in [-0.05, 0) is 41.9 Å². The Hall–Kier alpha value is -2.19. The summed E-state index contributed by atoms with van der Waals surface area (Å²) in [4.78, 5) is 12.2.